The third kappa shape index (κ3) is 9.79. The number of carbonyl (C=O) groups excluding carboxylic acids is 2. The fourth-order valence-corrected chi connectivity index (χ4v) is 6.03. The Kier molecular flexibility index (Phi) is 11.5. The van der Waals surface area contributed by atoms with E-state index in [1.165, 1.54) is 16.9 Å². The molecular weight excluding hydrogens is 627 g/mol. The third-order valence-corrected chi connectivity index (χ3v) is 9.53. The van der Waals surface area contributed by atoms with E-state index < -0.39 is 30.2 Å². The molecular formula is C37H45N5O5S. The molecule has 0 saturated heterocycles. The van der Waals surface area contributed by atoms with Gasteiger partial charge in [-0.15, -0.1) is 11.3 Å². The molecule has 4 rings (SSSR count). The number of carboxylic acid groups (broad SMARTS) is 1. The summed E-state index contributed by atoms with van der Waals surface area (Å²) in [5.41, 5.74) is 9.91. The smallest absolute Gasteiger partial charge is 0.320 e. The quantitative estimate of drug-likeness (QED) is 0.117. The van der Waals surface area contributed by atoms with Crippen molar-refractivity contribution in [1.29, 1.82) is 0 Å². The number of carboxylic acids is 1. The number of nitrogens with two attached hydrogens (primary N) is 1. The number of aliphatic hydroxyl groups is 1. The lowest BCUT2D eigenvalue weighted by Crippen LogP contribution is -2.55. The molecule has 48 heavy (non-hydrogen) atoms. The molecule has 2 amide bonds. The lowest BCUT2D eigenvalue weighted by atomic mass is 9.86. The van der Waals surface area contributed by atoms with Crippen molar-refractivity contribution in [3.63, 3.8) is 0 Å². The van der Waals surface area contributed by atoms with E-state index in [0.29, 0.717) is 10.7 Å². The molecule has 2 aromatic carbocycles. The molecule has 0 bridgehead atoms. The van der Waals surface area contributed by atoms with Crippen LogP contribution in [0, 0.1) is 0 Å². The van der Waals surface area contributed by atoms with Crippen LogP contribution >= 0.6 is 11.3 Å². The summed E-state index contributed by atoms with van der Waals surface area (Å²) in [6.07, 6.45) is 2.04. The molecule has 254 valence electrons. The molecule has 4 aromatic rings. The lowest BCUT2D eigenvalue weighted by molar-refractivity contribution is -0.141. The summed E-state index contributed by atoms with van der Waals surface area (Å²) >= 11 is 1.37. The number of hydrogen-bond donors (Lipinski definition) is 5. The molecule has 0 aliphatic carbocycles. The number of amides is 2. The molecule has 0 fully saturated rings. The number of primary amides is 1. The molecule has 3 atom stereocenters. The predicted octanol–water partition coefficient (Wildman–Crippen LogP) is 5.43. The number of benzene rings is 2. The van der Waals surface area contributed by atoms with Gasteiger partial charge in [0.2, 0.25) is 5.91 Å². The van der Waals surface area contributed by atoms with E-state index in [2.05, 4.69) is 86.4 Å². The van der Waals surface area contributed by atoms with Crippen LogP contribution in [0.15, 0.2) is 73.1 Å². The first-order valence-electron chi connectivity index (χ1n) is 15.9. The monoisotopic (exact) mass is 671 g/mol. The Morgan fingerprint density at radius 1 is 0.833 bits per heavy atom. The summed E-state index contributed by atoms with van der Waals surface area (Å²) in [5, 5.41) is 26.4. The van der Waals surface area contributed by atoms with Gasteiger partial charge in [0, 0.05) is 34.8 Å². The Morgan fingerprint density at radius 2 is 1.44 bits per heavy atom. The summed E-state index contributed by atoms with van der Waals surface area (Å²) in [7, 11) is 0. The lowest BCUT2D eigenvalue weighted by Gasteiger charge is -2.27. The van der Waals surface area contributed by atoms with Crippen molar-refractivity contribution in [2.24, 2.45) is 5.73 Å². The number of carbonyl (C=O) groups is 3. The van der Waals surface area contributed by atoms with E-state index in [0.717, 1.165) is 27.1 Å². The molecule has 2 aromatic heterocycles. The molecule has 0 radical (unpaired) electrons. The molecule has 11 heteroatoms. The highest BCUT2D eigenvalue weighted by Crippen LogP contribution is 2.30. The summed E-state index contributed by atoms with van der Waals surface area (Å²) in [6, 6.07) is 17.3. The first-order valence-corrected chi connectivity index (χ1v) is 16.7. The van der Waals surface area contributed by atoms with Gasteiger partial charge in [0.05, 0.1) is 10.9 Å². The molecule has 0 aliphatic rings. The zero-order valence-corrected chi connectivity index (χ0v) is 29.1. The van der Waals surface area contributed by atoms with E-state index in [1.807, 2.05) is 30.3 Å². The molecule has 6 N–H and O–H groups in total. The van der Waals surface area contributed by atoms with Gasteiger partial charge < -0.3 is 21.3 Å². The highest BCUT2D eigenvalue weighted by Gasteiger charge is 2.29. The number of thiophene rings is 1. The largest absolute Gasteiger partial charge is 0.480 e. The minimum absolute atomic E-state index is 0.0680. The van der Waals surface area contributed by atoms with Crippen molar-refractivity contribution in [3.05, 3.63) is 93.9 Å². The zero-order valence-electron chi connectivity index (χ0n) is 28.3. The van der Waals surface area contributed by atoms with Gasteiger partial charge in [0.25, 0.3) is 5.91 Å². The van der Waals surface area contributed by atoms with E-state index >= 15 is 0 Å². The van der Waals surface area contributed by atoms with Crippen LogP contribution in [0.4, 0.5) is 0 Å². The number of aliphatic hydroxyl groups excluding tert-OH is 1. The van der Waals surface area contributed by atoms with Crippen LogP contribution in [-0.2, 0) is 26.8 Å². The zero-order chi connectivity index (χ0) is 35.2. The molecule has 0 aliphatic heterocycles. The van der Waals surface area contributed by atoms with Crippen LogP contribution < -0.4 is 16.4 Å². The highest BCUT2D eigenvalue weighted by atomic mass is 32.1. The van der Waals surface area contributed by atoms with Gasteiger partial charge in [-0.25, -0.2) is 9.97 Å². The van der Waals surface area contributed by atoms with Gasteiger partial charge in [-0.05, 0) is 52.5 Å². The van der Waals surface area contributed by atoms with Gasteiger partial charge in [0.15, 0.2) is 5.82 Å². The first-order chi connectivity index (χ1) is 22.5. The maximum absolute atomic E-state index is 13.3. The number of nitrogens with one attached hydrogen (secondary N) is 2. The molecule has 10 nitrogen and oxygen atoms in total. The third-order valence-electron chi connectivity index (χ3n) is 8.02. The molecule has 0 saturated carbocycles. The minimum atomic E-state index is -1.45. The van der Waals surface area contributed by atoms with Crippen molar-refractivity contribution in [2.45, 2.75) is 89.9 Å². The van der Waals surface area contributed by atoms with Crippen LogP contribution in [-0.4, -0.2) is 56.3 Å². The second-order valence-electron chi connectivity index (χ2n) is 14.0. The Balaban J connectivity index is 1.51. The van der Waals surface area contributed by atoms with Crippen LogP contribution in [0.5, 0.6) is 0 Å². The predicted molar refractivity (Wildman–Crippen MR) is 189 cm³/mol. The Hall–Kier alpha value is -4.45. The Morgan fingerprint density at radius 3 is 1.96 bits per heavy atom. The van der Waals surface area contributed by atoms with Crippen molar-refractivity contribution < 1.29 is 24.6 Å². The number of aliphatic carboxylic acids is 1. The Bertz CT molecular complexity index is 1710. The van der Waals surface area contributed by atoms with Crippen LogP contribution in [0.1, 0.15) is 80.1 Å². The minimum Gasteiger partial charge on any atom is -0.480 e. The van der Waals surface area contributed by atoms with E-state index in [-0.39, 0.29) is 36.0 Å². The van der Waals surface area contributed by atoms with Crippen LogP contribution in [0.3, 0.4) is 0 Å². The van der Waals surface area contributed by atoms with Crippen molar-refractivity contribution in [3.8, 4) is 22.5 Å². The number of rotatable bonds is 13. The van der Waals surface area contributed by atoms with Crippen LogP contribution in [0.2, 0.25) is 0 Å². The highest BCUT2D eigenvalue weighted by molar-refractivity contribution is 7.14. The van der Waals surface area contributed by atoms with Crippen molar-refractivity contribution in [2.75, 3.05) is 0 Å². The molecule has 2 heterocycles. The maximum atomic E-state index is 13.3. The number of nitrogens with zero attached hydrogens (tertiary/aromatic N) is 2. The van der Waals surface area contributed by atoms with Crippen molar-refractivity contribution in [1.82, 2.24) is 20.6 Å². The van der Waals surface area contributed by atoms with Crippen LogP contribution in [0.25, 0.3) is 22.5 Å². The topological polar surface area (TPSA) is 168 Å². The summed E-state index contributed by atoms with van der Waals surface area (Å²) in [4.78, 5) is 47.1. The first kappa shape index (κ1) is 36.4. The molecule has 0 spiro atoms. The second-order valence-corrected chi connectivity index (χ2v) is 15.1. The average Bonchev–Trinajstić information content (AvgIpc) is 3.54. The average molecular weight is 672 g/mol. The molecule has 1 unspecified atom stereocenters. The number of aromatic nitrogens is 2. The van der Waals surface area contributed by atoms with Gasteiger partial charge in [-0.2, -0.15) is 0 Å². The second kappa shape index (κ2) is 15.2. The fourth-order valence-electron chi connectivity index (χ4n) is 5.06. The van der Waals surface area contributed by atoms with Gasteiger partial charge >= 0.3 is 5.97 Å². The van der Waals surface area contributed by atoms with E-state index in [1.54, 1.807) is 18.5 Å². The van der Waals surface area contributed by atoms with E-state index in [9.17, 15) is 24.6 Å². The van der Waals surface area contributed by atoms with E-state index in [4.69, 9.17) is 5.73 Å². The number of hydrogen-bond acceptors (Lipinski definition) is 8. The summed E-state index contributed by atoms with van der Waals surface area (Å²) in [6.45, 7) is 12.7. The summed E-state index contributed by atoms with van der Waals surface area (Å²) in [5.74, 6) is -1.73. The van der Waals surface area contributed by atoms with Crippen molar-refractivity contribution >= 4 is 29.1 Å². The fraction of sp³-hybridized carbons (Fsp3) is 0.378. The maximum Gasteiger partial charge on any atom is 0.320 e. The normalized spacial score (nSPS) is 13.8. The van der Waals surface area contributed by atoms with Gasteiger partial charge in [-0.3, -0.25) is 19.7 Å². The van der Waals surface area contributed by atoms with Gasteiger partial charge in [-0.1, -0.05) is 90.1 Å². The summed E-state index contributed by atoms with van der Waals surface area (Å²) < 4.78 is 0. The SMILES string of the molecule is CC(C)(C)c1ccc(-c2cnc(-c3ccc(C[C@H](NC(=O)c4ccc(C(C)(C)C)s4)C(O)N[C@@H](CCC(N)=O)C(=O)O)cc3)nc2)cc1. The Labute approximate surface area is 285 Å². The standard InChI is InChI=1S/C37H45N5O5S/c1-36(2,3)26-13-11-23(12-14-26)25-20-39-32(40-21-25)24-9-7-22(8-10-24)19-28(33(44)41-27(35(46)47)15-18-31(38)43)42-34(45)29-16-17-30(48-29)37(4,5)6/h7-14,16-17,20-21,27-28,33,41,44H,15,18-19H2,1-6H3,(H2,38,43)(H,42,45)(H,46,47)/t27-,28-,33?/m0/s1. The van der Waals surface area contributed by atoms with Gasteiger partial charge in [0.1, 0.15) is 12.3 Å².